The number of nitrogens with one attached hydrogen (secondary N) is 1. The molecule has 8 heteroatoms. The lowest BCUT2D eigenvalue weighted by Crippen LogP contribution is -2.41. The fourth-order valence-electron chi connectivity index (χ4n) is 3.12. The van der Waals surface area contributed by atoms with Crippen LogP contribution in [-0.4, -0.2) is 27.5 Å². The van der Waals surface area contributed by atoms with E-state index in [9.17, 15) is 18.0 Å². The maximum Gasteiger partial charge on any atom is 0.433 e. The summed E-state index contributed by atoms with van der Waals surface area (Å²) in [6.07, 6.45) is -1.89. The average Bonchev–Trinajstić information content (AvgIpc) is 2.80. The van der Waals surface area contributed by atoms with Crippen LogP contribution >= 0.6 is 0 Å². The van der Waals surface area contributed by atoms with Crippen LogP contribution in [0.25, 0.3) is 0 Å². The van der Waals surface area contributed by atoms with Crippen LogP contribution in [0.2, 0.25) is 0 Å². The Balaban J connectivity index is 1.86. The topological polar surface area (TPSA) is 56.2 Å². The Morgan fingerprint density at radius 2 is 1.88 bits per heavy atom. The van der Waals surface area contributed by atoms with Gasteiger partial charge in [0.2, 0.25) is 0 Å². The number of carbonyl (C=O) groups is 1. The lowest BCUT2D eigenvalue weighted by atomic mass is 9.86. The zero-order valence-electron chi connectivity index (χ0n) is 15.1. The molecule has 5 nitrogen and oxygen atoms in total. The van der Waals surface area contributed by atoms with Crippen LogP contribution in [0.1, 0.15) is 57.8 Å². The first kappa shape index (κ1) is 19.6. The third-order valence-corrected chi connectivity index (χ3v) is 4.19. The molecule has 0 spiro atoms. The van der Waals surface area contributed by atoms with Crippen molar-refractivity contribution in [3.63, 3.8) is 0 Å². The highest BCUT2D eigenvalue weighted by atomic mass is 19.4. The van der Waals surface area contributed by atoms with Crippen molar-refractivity contribution < 1.29 is 22.7 Å². The van der Waals surface area contributed by atoms with Gasteiger partial charge in [0.05, 0.1) is 5.69 Å². The molecule has 0 bridgehead atoms. The van der Waals surface area contributed by atoms with E-state index in [0.717, 1.165) is 36.4 Å². The van der Waals surface area contributed by atoms with Crippen molar-refractivity contribution in [3.8, 4) is 0 Å². The number of aryl methyl sites for hydroxylation is 1. The normalized spacial score (nSPS) is 21.9. The molecule has 0 atom stereocenters. The summed E-state index contributed by atoms with van der Waals surface area (Å²) in [5.74, 6) is 0.122. The van der Waals surface area contributed by atoms with Gasteiger partial charge in [-0.05, 0) is 65.4 Å². The van der Waals surface area contributed by atoms with Gasteiger partial charge in [-0.2, -0.15) is 18.3 Å². The maximum absolute atomic E-state index is 13.0. The number of ether oxygens (including phenoxy) is 1. The summed E-state index contributed by atoms with van der Waals surface area (Å²) in [4.78, 5) is 11.8. The molecular weight excluding hydrogens is 335 g/mol. The number of aromatic nitrogens is 2. The molecule has 1 fully saturated rings. The van der Waals surface area contributed by atoms with Crippen molar-refractivity contribution >= 4 is 6.09 Å². The molecule has 1 amide bonds. The van der Waals surface area contributed by atoms with Gasteiger partial charge in [-0.25, -0.2) is 4.79 Å². The lowest BCUT2D eigenvalue weighted by molar-refractivity contribution is -0.144. The zero-order valence-corrected chi connectivity index (χ0v) is 15.1. The second kappa shape index (κ2) is 7.25. The quantitative estimate of drug-likeness (QED) is 0.874. The molecule has 0 radical (unpaired) electrons. The van der Waals surface area contributed by atoms with E-state index in [0.29, 0.717) is 5.69 Å². The fourth-order valence-corrected chi connectivity index (χ4v) is 3.12. The van der Waals surface area contributed by atoms with Gasteiger partial charge in [-0.1, -0.05) is 0 Å². The van der Waals surface area contributed by atoms with Gasteiger partial charge in [0.15, 0.2) is 0 Å². The molecule has 1 aromatic rings. The van der Waals surface area contributed by atoms with Crippen LogP contribution in [0.5, 0.6) is 0 Å². The summed E-state index contributed by atoms with van der Waals surface area (Å²) in [6.45, 7) is 7.21. The number of rotatable bonds is 3. The Hall–Kier alpha value is -1.73. The molecule has 1 aliphatic carbocycles. The third-order valence-electron chi connectivity index (χ3n) is 4.19. The van der Waals surface area contributed by atoms with Crippen molar-refractivity contribution in [1.82, 2.24) is 15.1 Å². The second-order valence-electron chi connectivity index (χ2n) is 7.71. The third kappa shape index (κ3) is 5.93. The summed E-state index contributed by atoms with van der Waals surface area (Å²) in [5.41, 5.74) is -0.876. The standard InChI is InChI=1S/C17H26F3N3O2/c1-11-9-14(17(18,19)20)23(22-11)10-12-5-7-13(8-6-12)21-15(24)25-16(2,3)4/h9,12-13H,5-8,10H2,1-4H3,(H,21,24)/t12-,13-. The highest BCUT2D eigenvalue weighted by Crippen LogP contribution is 2.32. The first-order chi connectivity index (χ1) is 11.4. The summed E-state index contributed by atoms with van der Waals surface area (Å²) >= 11 is 0. The number of nitrogens with zero attached hydrogens (tertiary/aromatic N) is 2. The van der Waals surface area contributed by atoms with E-state index in [-0.39, 0.29) is 18.5 Å². The van der Waals surface area contributed by atoms with Gasteiger partial charge in [-0.15, -0.1) is 0 Å². The van der Waals surface area contributed by atoms with E-state index in [4.69, 9.17) is 4.74 Å². The predicted molar refractivity (Wildman–Crippen MR) is 87.1 cm³/mol. The number of carbonyl (C=O) groups excluding carboxylic acids is 1. The van der Waals surface area contributed by atoms with Crippen LogP contribution < -0.4 is 5.32 Å². The molecule has 2 rings (SSSR count). The smallest absolute Gasteiger partial charge is 0.433 e. The maximum atomic E-state index is 13.0. The molecule has 1 saturated carbocycles. The molecule has 1 N–H and O–H groups in total. The van der Waals surface area contributed by atoms with E-state index in [2.05, 4.69) is 10.4 Å². The number of halogens is 3. The van der Waals surface area contributed by atoms with E-state index < -0.39 is 23.6 Å². The van der Waals surface area contributed by atoms with Gasteiger partial charge in [0.25, 0.3) is 0 Å². The van der Waals surface area contributed by atoms with Gasteiger partial charge >= 0.3 is 12.3 Å². The van der Waals surface area contributed by atoms with Gasteiger partial charge in [0.1, 0.15) is 11.3 Å². The molecular formula is C17H26F3N3O2. The highest BCUT2D eigenvalue weighted by molar-refractivity contribution is 5.68. The summed E-state index contributed by atoms with van der Waals surface area (Å²) in [7, 11) is 0. The van der Waals surface area contributed by atoms with E-state index in [1.807, 2.05) is 0 Å². The molecule has 0 unspecified atom stereocenters. The molecule has 0 aromatic carbocycles. The van der Waals surface area contributed by atoms with E-state index in [1.54, 1.807) is 27.7 Å². The Morgan fingerprint density at radius 1 is 1.28 bits per heavy atom. The highest BCUT2D eigenvalue weighted by Gasteiger charge is 2.36. The van der Waals surface area contributed by atoms with Crippen LogP contribution in [0.15, 0.2) is 6.07 Å². The van der Waals surface area contributed by atoms with E-state index >= 15 is 0 Å². The Kier molecular flexibility index (Phi) is 5.68. The van der Waals surface area contributed by atoms with Gasteiger partial charge < -0.3 is 10.1 Å². The minimum atomic E-state index is -4.39. The lowest BCUT2D eigenvalue weighted by Gasteiger charge is -2.30. The first-order valence-corrected chi connectivity index (χ1v) is 8.55. The number of alkyl carbamates (subject to hydrolysis) is 1. The Labute approximate surface area is 145 Å². The van der Waals surface area contributed by atoms with Gasteiger partial charge in [-0.3, -0.25) is 4.68 Å². The minimum Gasteiger partial charge on any atom is -0.444 e. The minimum absolute atomic E-state index is 0.00699. The second-order valence-corrected chi connectivity index (χ2v) is 7.71. The van der Waals surface area contributed by atoms with Crippen LogP contribution in [0.4, 0.5) is 18.0 Å². The summed E-state index contributed by atoms with van der Waals surface area (Å²) < 4.78 is 45.4. The summed E-state index contributed by atoms with van der Waals surface area (Å²) in [6, 6.07) is 1.09. The molecule has 1 aromatic heterocycles. The van der Waals surface area contributed by atoms with Crippen molar-refractivity contribution in [2.24, 2.45) is 5.92 Å². The zero-order chi connectivity index (χ0) is 18.8. The molecule has 0 saturated heterocycles. The van der Waals surface area contributed by atoms with Crippen molar-refractivity contribution in [2.75, 3.05) is 0 Å². The fraction of sp³-hybridized carbons (Fsp3) is 0.765. The van der Waals surface area contributed by atoms with E-state index in [1.165, 1.54) is 0 Å². The molecule has 25 heavy (non-hydrogen) atoms. The van der Waals surface area contributed by atoms with Gasteiger partial charge in [0, 0.05) is 12.6 Å². The van der Waals surface area contributed by atoms with Crippen molar-refractivity contribution in [2.45, 2.75) is 77.7 Å². The monoisotopic (exact) mass is 361 g/mol. The number of hydrogen-bond donors (Lipinski definition) is 1. The number of alkyl halides is 3. The Bertz CT molecular complexity index is 597. The molecule has 1 heterocycles. The molecule has 142 valence electrons. The Morgan fingerprint density at radius 3 is 2.40 bits per heavy atom. The SMILES string of the molecule is Cc1cc(C(F)(F)F)n(C[C@H]2CC[C@H](NC(=O)OC(C)(C)C)CC2)n1. The average molecular weight is 361 g/mol. The van der Waals surface area contributed by atoms with Crippen molar-refractivity contribution in [1.29, 1.82) is 0 Å². The van der Waals surface area contributed by atoms with Crippen LogP contribution in [0, 0.1) is 12.8 Å². The van der Waals surface area contributed by atoms with Crippen LogP contribution in [0.3, 0.4) is 0 Å². The number of hydrogen-bond acceptors (Lipinski definition) is 3. The molecule has 0 aliphatic heterocycles. The summed E-state index contributed by atoms with van der Waals surface area (Å²) in [5, 5.41) is 6.82. The van der Waals surface area contributed by atoms with Crippen molar-refractivity contribution in [3.05, 3.63) is 17.5 Å². The largest absolute Gasteiger partial charge is 0.444 e. The first-order valence-electron chi connectivity index (χ1n) is 8.55. The van der Waals surface area contributed by atoms with Crippen LogP contribution in [-0.2, 0) is 17.5 Å². The predicted octanol–water partition coefficient (Wildman–Crippen LogP) is 4.29. The molecule has 1 aliphatic rings. The number of amides is 1.